The number of aromatic nitrogens is 2. The second-order valence-electron chi connectivity index (χ2n) is 5.43. The van der Waals surface area contributed by atoms with E-state index in [1.54, 1.807) is 19.9 Å². The first kappa shape index (κ1) is 21.4. The lowest BCUT2D eigenvalue weighted by Crippen LogP contribution is -2.31. The summed E-state index contributed by atoms with van der Waals surface area (Å²) in [4.78, 5) is 24.2. The summed E-state index contributed by atoms with van der Waals surface area (Å²) < 4.78 is 27.3. The first-order chi connectivity index (χ1) is 12.7. The van der Waals surface area contributed by atoms with Gasteiger partial charge in [-0.05, 0) is 18.2 Å². The topological polar surface area (TPSA) is 101 Å². The predicted octanol–water partition coefficient (Wildman–Crippen LogP) is 2.22. The molecule has 1 amide bonds. The molecule has 1 heterocycles. The molecule has 27 heavy (non-hydrogen) atoms. The van der Waals surface area contributed by atoms with E-state index in [0.717, 1.165) is 10.9 Å². The highest BCUT2D eigenvalue weighted by atomic mass is 35.5. The van der Waals surface area contributed by atoms with Crippen LogP contribution in [0, 0.1) is 0 Å². The summed E-state index contributed by atoms with van der Waals surface area (Å²) in [6.07, 6.45) is 1.16. The molecule has 1 aromatic heterocycles. The average molecular weight is 433 g/mol. The average Bonchev–Trinajstić information content (AvgIpc) is 2.63. The van der Waals surface area contributed by atoms with Crippen molar-refractivity contribution in [2.75, 3.05) is 18.4 Å². The number of carbonyl (C=O) groups is 1. The molecule has 0 aliphatic carbocycles. The number of hydrogen-bond donors (Lipinski definition) is 1. The number of nitrogens with zero attached hydrogens (tertiary/aromatic N) is 3. The van der Waals surface area contributed by atoms with Gasteiger partial charge in [-0.3, -0.25) is 9.59 Å². The van der Waals surface area contributed by atoms with Gasteiger partial charge < -0.3 is 5.32 Å². The molecule has 0 atom stereocenters. The van der Waals surface area contributed by atoms with Crippen LogP contribution in [-0.2, 0) is 21.4 Å². The van der Waals surface area contributed by atoms with Crippen molar-refractivity contribution in [3.05, 3.63) is 50.9 Å². The largest absolute Gasteiger partial charge is 0.324 e. The summed E-state index contributed by atoms with van der Waals surface area (Å²) in [5.41, 5.74) is -0.418. The zero-order valence-electron chi connectivity index (χ0n) is 14.6. The second-order valence-corrected chi connectivity index (χ2v) is 8.16. The van der Waals surface area contributed by atoms with Gasteiger partial charge >= 0.3 is 0 Å². The van der Waals surface area contributed by atoms with E-state index in [1.165, 1.54) is 22.5 Å². The van der Waals surface area contributed by atoms with Crippen LogP contribution in [0.4, 0.5) is 5.69 Å². The number of anilines is 1. The van der Waals surface area contributed by atoms with Crippen molar-refractivity contribution in [2.24, 2.45) is 0 Å². The molecule has 1 aromatic carbocycles. The molecule has 0 unspecified atom stereocenters. The first-order valence-electron chi connectivity index (χ1n) is 8.01. The first-order valence-corrected chi connectivity index (χ1v) is 10.2. The molecule has 0 saturated heterocycles. The molecule has 0 fully saturated rings. The van der Waals surface area contributed by atoms with E-state index in [4.69, 9.17) is 23.2 Å². The van der Waals surface area contributed by atoms with Gasteiger partial charge in [-0.1, -0.05) is 43.1 Å². The Morgan fingerprint density at radius 2 is 1.93 bits per heavy atom. The standard InChI is InChI=1S/C16H18Cl2N4O4S/c1-3-21(4-2)27(25,26)12-7-5-6-11(8-12)20-14(23)10-22-16(24)15(18)13(17)9-19-22/h5-9H,3-4,10H2,1-2H3,(H,20,23). The quantitative estimate of drug-likeness (QED) is 0.722. The Morgan fingerprint density at radius 3 is 2.56 bits per heavy atom. The molecule has 2 aromatic rings. The van der Waals surface area contributed by atoms with Crippen LogP contribution in [0.2, 0.25) is 10.0 Å². The van der Waals surface area contributed by atoms with E-state index in [0.29, 0.717) is 13.1 Å². The Labute approximate surface area is 166 Å². The Balaban J connectivity index is 2.20. The lowest BCUT2D eigenvalue weighted by atomic mass is 10.3. The molecule has 0 saturated carbocycles. The summed E-state index contributed by atoms with van der Waals surface area (Å²) in [6, 6.07) is 5.88. The SMILES string of the molecule is CCN(CC)S(=O)(=O)c1cccc(NC(=O)Cn2ncc(Cl)c(Cl)c2=O)c1. The molecule has 8 nitrogen and oxygen atoms in total. The monoisotopic (exact) mass is 432 g/mol. The molecule has 2 rings (SSSR count). The smallest absolute Gasteiger partial charge is 0.287 e. The molecular weight excluding hydrogens is 415 g/mol. The third kappa shape index (κ3) is 4.86. The van der Waals surface area contributed by atoms with Gasteiger partial charge in [-0.2, -0.15) is 9.40 Å². The molecule has 0 aliphatic heterocycles. The normalized spacial score (nSPS) is 11.6. The Kier molecular flexibility index (Phi) is 6.99. The van der Waals surface area contributed by atoms with E-state index >= 15 is 0 Å². The van der Waals surface area contributed by atoms with Crippen molar-refractivity contribution in [1.29, 1.82) is 0 Å². The molecule has 0 aliphatic rings. The Morgan fingerprint density at radius 1 is 1.26 bits per heavy atom. The molecular formula is C16H18Cl2N4O4S. The highest BCUT2D eigenvalue weighted by Gasteiger charge is 2.22. The molecule has 11 heteroatoms. The van der Waals surface area contributed by atoms with Crippen LogP contribution in [0.5, 0.6) is 0 Å². The van der Waals surface area contributed by atoms with Gasteiger partial charge in [0.2, 0.25) is 15.9 Å². The number of hydrogen-bond acceptors (Lipinski definition) is 5. The lowest BCUT2D eigenvalue weighted by Gasteiger charge is -2.18. The highest BCUT2D eigenvalue weighted by molar-refractivity contribution is 7.89. The maximum absolute atomic E-state index is 12.6. The third-order valence-electron chi connectivity index (χ3n) is 3.70. The van der Waals surface area contributed by atoms with E-state index in [1.807, 2.05) is 0 Å². The summed E-state index contributed by atoms with van der Waals surface area (Å²) in [7, 11) is -3.65. The number of sulfonamides is 1. The van der Waals surface area contributed by atoms with Gasteiger partial charge in [0.1, 0.15) is 11.6 Å². The maximum Gasteiger partial charge on any atom is 0.287 e. The predicted molar refractivity (Wildman–Crippen MR) is 104 cm³/mol. The van der Waals surface area contributed by atoms with Gasteiger partial charge in [0, 0.05) is 18.8 Å². The van der Waals surface area contributed by atoms with Crippen LogP contribution in [-0.4, -0.2) is 41.5 Å². The number of rotatable bonds is 7. The summed E-state index contributed by atoms with van der Waals surface area (Å²) in [6.45, 7) is 3.76. The van der Waals surface area contributed by atoms with Crippen LogP contribution in [0.3, 0.4) is 0 Å². The number of carbonyl (C=O) groups excluding carboxylic acids is 1. The van der Waals surface area contributed by atoms with Crippen LogP contribution in [0.15, 0.2) is 40.2 Å². The zero-order chi connectivity index (χ0) is 20.2. The van der Waals surface area contributed by atoms with E-state index in [-0.39, 0.29) is 20.6 Å². The van der Waals surface area contributed by atoms with Gasteiger partial charge in [0.05, 0.1) is 16.1 Å². The fraction of sp³-hybridized carbons (Fsp3) is 0.312. The molecule has 0 bridgehead atoms. The maximum atomic E-state index is 12.6. The van der Waals surface area contributed by atoms with Crippen LogP contribution < -0.4 is 10.9 Å². The molecule has 1 N–H and O–H groups in total. The van der Waals surface area contributed by atoms with Crippen LogP contribution in [0.25, 0.3) is 0 Å². The number of amides is 1. The van der Waals surface area contributed by atoms with Crippen LogP contribution >= 0.6 is 23.2 Å². The number of halogens is 2. The fourth-order valence-electron chi connectivity index (χ4n) is 2.34. The van der Waals surface area contributed by atoms with E-state index in [2.05, 4.69) is 10.4 Å². The Bertz CT molecular complexity index is 1000. The number of benzene rings is 1. The summed E-state index contributed by atoms with van der Waals surface area (Å²) >= 11 is 11.4. The minimum atomic E-state index is -3.65. The molecule has 0 radical (unpaired) electrons. The number of nitrogens with one attached hydrogen (secondary N) is 1. The molecule has 146 valence electrons. The molecule has 0 spiro atoms. The van der Waals surface area contributed by atoms with Crippen molar-refractivity contribution >= 4 is 44.8 Å². The van der Waals surface area contributed by atoms with Crippen molar-refractivity contribution in [3.8, 4) is 0 Å². The Hall–Kier alpha value is -1.94. The van der Waals surface area contributed by atoms with Gasteiger partial charge in [-0.25, -0.2) is 13.1 Å². The van der Waals surface area contributed by atoms with Gasteiger partial charge in [0.25, 0.3) is 5.56 Å². The van der Waals surface area contributed by atoms with Crippen molar-refractivity contribution in [3.63, 3.8) is 0 Å². The van der Waals surface area contributed by atoms with Crippen molar-refractivity contribution in [2.45, 2.75) is 25.3 Å². The van der Waals surface area contributed by atoms with Gasteiger partial charge in [-0.15, -0.1) is 0 Å². The summed E-state index contributed by atoms with van der Waals surface area (Å²) in [5, 5.41) is 6.05. The highest BCUT2D eigenvalue weighted by Crippen LogP contribution is 2.19. The fourth-order valence-corrected chi connectivity index (χ4v) is 4.12. The second kappa shape index (κ2) is 8.83. The van der Waals surface area contributed by atoms with Crippen LogP contribution in [0.1, 0.15) is 13.8 Å². The van der Waals surface area contributed by atoms with Crippen molar-refractivity contribution < 1.29 is 13.2 Å². The van der Waals surface area contributed by atoms with E-state index in [9.17, 15) is 18.0 Å². The van der Waals surface area contributed by atoms with Crippen molar-refractivity contribution in [1.82, 2.24) is 14.1 Å². The summed E-state index contributed by atoms with van der Waals surface area (Å²) in [5.74, 6) is -0.569. The third-order valence-corrected chi connectivity index (χ3v) is 6.49. The van der Waals surface area contributed by atoms with Gasteiger partial charge in [0.15, 0.2) is 0 Å². The minimum Gasteiger partial charge on any atom is -0.324 e. The minimum absolute atomic E-state index is 0.00682. The zero-order valence-corrected chi connectivity index (χ0v) is 17.0. The lowest BCUT2D eigenvalue weighted by molar-refractivity contribution is -0.117. The van der Waals surface area contributed by atoms with E-state index < -0.39 is 28.0 Å².